The van der Waals surface area contributed by atoms with Crippen molar-refractivity contribution in [3.63, 3.8) is 0 Å². The summed E-state index contributed by atoms with van der Waals surface area (Å²) in [6, 6.07) is 5.69. The fourth-order valence-corrected chi connectivity index (χ4v) is 2.97. The number of nitrogens with zero attached hydrogens (tertiary/aromatic N) is 3. The van der Waals surface area contributed by atoms with E-state index in [-0.39, 0.29) is 11.9 Å². The number of aryl methyl sites for hydroxylation is 1. The summed E-state index contributed by atoms with van der Waals surface area (Å²) in [5.41, 5.74) is 2.81. The third-order valence-corrected chi connectivity index (χ3v) is 4.36. The first-order valence-corrected chi connectivity index (χ1v) is 8.88. The van der Waals surface area contributed by atoms with Crippen molar-refractivity contribution >= 4 is 23.3 Å². The summed E-state index contributed by atoms with van der Waals surface area (Å²) in [7, 11) is 5.81. The summed E-state index contributed by atoms with van der Waals surface area (Å²) in [6.45, 7) is 6.47. The molecule has 1 aliphatic heterocycles. The monoisotopic (exact) mass is 346 g/mol. The number of anilines is 2. The molecule has 2 rings (SSSR count). The molecule has 0 unspecified atom stereocenters. The lowest BCUT2D eigenvalue weighted by Gasteiger charge is -2.28. The number of nitrogens with one attached hydrogen (secondary N) is 1. The van der Waals surface area contributed by atoms with E-state index >= 15 is 0 Å². The molecule has 0 saturated carbocycles. The summed E-state index contributed by atoms with van der Waals surface area (Å²) in [5, 5.41) is 3.01. The van der Waals surface area contributed by atoms with Crippen molar-refractivity contribution in [2.24, 2.45) is 5.92 Å². The number of benzene rings is 1. The Morgan fingerprint density at radius 1 is 1.24 bits per heavy atom. The number of hydrogen-bond acceptors (Lipinski definition) is 3. The van der Waals surface area contributed by atoms with Crippen molar-refractivity contribution in [2.75, 3.05) is 51.0 Å². The maximum absolute atomic E-state index is 12.7. The summed E-state index contributed by atoms with van der Waals surface area (Å²) in [4.78, 5) is 30.1. The van der Waals surface area contributed by atoms with E-state index in [1.54, 1.807) is 11.9 Å². The number of carbonyl (C=O) groups is 2. The first-order valence-electron chi connectivity index (χ1n) is 8.88. The van der Waals surface area contributed by atoms with Crippen molar-refractivity contribution in [1.82, 2.24) is 9.80 Å². The molecule has 25 heavy (non-hydrogen) atoms. The maximum atomic E-state index is 12.7. The van der Waals surface area contributed by atoms with Gasteiger partial charge in [-0.1, -0.05) is 13.8 Å². The second kappa shape index (κ2) is 8.34. The van der Waals surface area contributed by atoms with Crippen LogP contribution in [0.2, 0.25) is 0 Å². The van der Waals surface area contributed by atoms with E-state index in [1.165, 1.54) is 0 Å². The molecule has 0 bridgehead atoms. The lowest BCUT2D eigenvalue weighted by molar-refractivity contribution is -0.118. The van der Waals surface area contributed by atoms with E-state index in [4.69, 9.17) is 0 Å². The molecule has 0 saturated heterocycles. The lowest BCUT2D eigenvalue weighted by Crippen LogP contribution is -2.41. The van der Waals surface area contributed by atoms with Gasteiger partial charge in [0.2, 0.25) is 5.91 Å². The van der Waals surface area contributed by atoms with Crippen LogP contribution < -0.4 is 10.2 Å². The number of hydrogen-bond donors (Lipinski definition) is 1. The largest absolute Gasteiger partial charge is 0.323 e. The Hall–Kier alpha value is -2.08. The van der Waals surface area contributed by atoms with Crippen molar-refractivity contribution in [3.05, 3.63) is 23.8 Å². The van der Waals surface area contributed by atoms with Crippen LogP contribution >= 0.6 is 0 Å². The molecule has 0 radical (unpaired) electrons. The molecular weight excluding hydrogens is 316 g/mol. The number of rotatable bonds is 6. The van der Waals surface area contributed by atoms with Crippen LogP contribution in [-0.4, -0.2) is 62.5 Å². The van der Waals surface area contributed by atoms with Gasteiger partial charge in [0.05, 0.1) is 0 Å². The normalized spacial score (nSPS) is 14.0. The van der Waals surface area contributed by atoms with E-state index < -0.39 is 0 Å². The van der Waals surface area contributed by atoms with Crippen LogP contribution in [0.15, 0.2) is 18.2 Å². The zero-order valence-corrected chi connectivity index (χ0v) is 16.0. The molecular formula is C19H30N4O2. The molecule has 1 N–H and O–H groups in total. The SMILES string of the molecule is CC(C)CN(CCN(C)C)C(=O)Nc1ccc2c(c1)CCC(=O)N2C. The predicted octanol–water partition coefficient (Wildman–Crippen LogP) is 2.65. The smallest absolute Gasteiger partial charge is 0.321 e. The van der Waals surface area contributed by atoms with Gasteiger partial charge in [0.25, 0.3) is 0 Å². The molecule has 1 heterocycles. The van der Waals surface area contributed by atoms with E-state index in [0.29, 0.717) is 18.9 Å². The topological polar surface area (TPSA) is 55.9 Å². The standard InChI is InChI=1S/C19H30N4O2/c1-14(2)13-23(11-10-21(3)4)19(25)20-16-7-8-17-15(12-16)6-9-18(24)22(17)5/h7-8,12,14H,6,9-11,13H2,1-5H3,(H,20,25). The minimum absolute atomic E-state index is 0.0734. The number of urea groups is 1. The van der Waals surface area contributed by atoms with Gasteiger partial charge < -0.3 is 20.0 Å². The van der Waals surface area contributed by atoms with Crippen LogP contribution in [0, 0.1) is 5.92 Å². The van der Waals surface area contributed by atoms with E-state index in [2.05, 4.69) is 24.1 Å². The fourth-order valence-electron chi connectivity index (χ4n) is 2.97. The molecule has 1 aromatic carbocycles. The average Bonchev–Trinajstić information content (AvgIpc) is 2.54. The Morgan fingerprint density at radius 2 is 1.96 bits per heavy atom. The van der Waals surface area contributed by atoms with E-state index in [9.17, 15) is 9.59 Å². The quantitative estimate of drug-likeness (QED) is 0.861. The predicted molar refractivity (Wildman–Crippen MR) is 102 cm³/mol. The number of likely N-dealkylation sites (N-methyl/N-ethyl adjacent to an activating group) is 1. The Labute approximate surface area is 150 Å². The van der Waals surface area contributed by atoms with Gasteiger partial charge in [-0.3, -0.25) is 4.79 Å². The molecule has 3 amide bonds. The molecule has 0 aliphatic carbocycles. The van der Waals surface area contributed by atoms with Crippen LogP contribution in [0.1, 0.15) is 25.8 Å². The highest BCUT2D eigenvalue weighted by molar-refractivity contribution is 5.97. The zero-order valence-electron chi connectivity index (χ0n) is 16.0. The van der Waals surface area contributed by atoms with Gasteiger partial charge in [0.1, 0.15) is 0 Å². The molecule has 1 aliphatic rings. The maximum Gasteiger partial charge on any atom is 0.321 e. The Kier molecular flexibility index (Phi) is 6.42. The second-order valence-corrected chi connectivity index (χ2v) is 7.37. The summed E-state index contributed by atoms with van der Waals surface area (Å²) < 4.78 is 0. The average molecular weight is 346 g/mol. The van der Waals surface area contributed by atoms with E-state index in [0.717, 1.165) is 36.4 Å². The summed E-state index contributed by atoms with van der Waals surface area (Å²) in [5.74, 6) is 0.548. The third-order valence-electron chi connectivity index (χ3n) is 4.36. The third kappa shape index (κ3) is 5.19. The molecule has 1 aromatic rings. The van der Waals surface area contributed by atoms with Gasteiger partial charge in [0, 0.05) is 44.5 Å². The van der Waals surface area contributed by atoms with Gasteiger partial charge in [-0.25, -0.2) is 4.79 Å². The van der Waals surface area contributed by atoms with Gasteiger partial charge in [-0.05, 0) is 50.2 Å². The molecule has 0 atom stereocenters. The molecule has 138 valence electrons. The zero-order chi connectivity index (χ0) is 18.6. The Balaban J connectivity index is 2.08. The first-order chi connectivity index (χ1) is 11.8. The number of amides is 3. The van der Waals surface area contributed by atoms with Crippen molar-refractivity contribution in [1.29, 1.82) is 0 Å². The van der Waals surface area contributed by atoms with E-state index in [1.807, 2.05) is 37.2 Å². The van der Waals surface area contributed by atoms with Crippen molar-refractivity contribution in [2.45, 2.75) is 26.7 Å². The molecule has 6 heteroatoms. The molecule has 0 aromatic heterocycles. The van der Waals surface area contributed by atoms with Crippen LogP contribution in [-0.2, 0) is 11.2 Å². The summed E-state index contributed by atoms with van der Waals surface area (Å²) in [6.07, 6.45) is 1.24. The number of carbonyl (C=O) groups excluding carboxylic acids is 2. The first kappa shape index (κ1) is 19.2. The van der Waals surface area contributed by atoms with Gasteiger partial charge in [-0.15, -0.1) is 0 Å². The highest BCUT2D eigenvalue weighted by Crippen LogP contribution is 2.29. The van der Waals surface area contributed by atoms with Crippen LogP contribution in [0.5, 0.6) is 0 Å². The minimum atomic E-state index is -0.0734. The highest BCUT2D eigenvalue weighted by Gasteiger charge is 2.21. The van der Waals surface area contributed by atoms with Gasteiger partial charge in [0.15, 0.2) is 0 Å². The second-order valence-electron chi connectivity index (χ2n) is 7.37. The van der Waals surface area contributed by atoms with Crippen molar-refractivity contribution < 1.29 is 9.59 Å². The van der Waals surface area contributed by atoms with Crippen LogP contribution in [0.25, 0.3) is 0 Å². The van der Waals surface area contributed by atoms with Gasteiger partial charge >= 0.3 is 6.03 Å². The summed E-state index contributed by atoms with van der Waals surface area (Å²) >= 11 is 0. The molecule has 0 fully saturated rings. The highest BCUT2D eigenvalue weighted by atomic mass is 16.2. The number of fused-ring (bicyclic) bond motifs is 1. The fraction of sp³-hybridized carbons (Fsp3) is 0.579. The van der Waals surface area contributed by atoms with Crippen LogP contribution in [0.3, 0.4) is 0 Å². The minimum Gasteiger partial charge on any atom is -0.323 e. The Bertz CT molecular complexity index is 628. The molecule has 0 spiro atoms. The molecule has 6 nitrogen and oxygen atoms in total. The lowest BCUT2D eigenvalue weighted by atomic mass is 10.0. The van der Waals surface area contributed by atoms with Crippen LogP contribution in [0.4, 0.5) is 16.2 Å². The van der Waals surface area contributed by atoms with Gasteiger partial charge in [-0.2, -0.15) is 0 Å². The van der Waals surface area contributed by atoms with Crippen molar-refractivity contribution in [3.8, 4) is 0 Å². The Morgan fingerprint density at radius 3 is 2.60 bits per heavy atom.